The Labute approximate surface area is 134 Å². The summed E-state index contributed by atoms with van der Waals surface area (Å²) in [5.74, 6) is 0. The molecular weight excluding hydrogens is 266 g/mol. The molecule has 3 rings (SSSR count). The van der Waals surface area contributed by atoms with Gasteiger partial charge in [0, 0.05) is 6.04 Å². The minimum absolute atomic E-state index is 0.372. The maximum absolute atomic E-state index is 6.24. The molecule has 1 atom stereocenters. The van der Waals surface area contributed by atoms with E-state index in [-0.39, 0.29) is 0 Å². The molecule has 1 fully saturated rings. The van der Waals surface area contributed by atoms with Crippen LogP contribution in [0.15, 0.2) is 60.7 Å². The van der Waals surface area contributed by atoms with E-state index in [1.165, 1.54) is 56.1 Å². The van der Waals surface area contributed by atoms with Gasteiger partial charge in [0.2, 0.25) is 0 Å². The molecule has 0 bridgehead atoms. The largest absolute Gasteiger partial charge is 0.328 e. The van der Waals surface area contributed by atoms with Crippen LogP contribution in [0.4, 0.5) is 0 Å². The maximum Gasteiger partial charge on any atom is 0.00390 e. The zero-order chi connectivity index (χ0) is 15.3. The normalized spacial score (nSPS) is 21.2. The molecule has 0 amide bonds. The Bertz CT molecular complexity index is 519. The summed E-state index contributed by atoms with van der Waals surface area (Å²) < 4.78 is 0. The SMILES string of the molecule is NC1CCCC(Cc2ccccc2)(Cc2ccccc2)CC1. The van der Waals surface area contributed by atoms with Crippen LogP contribution in [0.3, 0.4) is 0 Å². The summed E-state index contributed by atoms with van der Waals surface area (Å²) in [4.78, 5) is 0. The Hall–Kier alpha value is -1.60. The minimum atomic E-state index is 0.372. The molecule has 1 aliphatic carbocycles. The van der Waals surface area contributed by atoms with Crippen LogP contribution in [0, 0.1) is 5.41 Å². The summed E-state index contributed by atoms with van der Waals surface area (Å²) in [7, 11) is 0. The fourth-order valence-electron chi connectivity index (χ4n) is 3.97. The molecule has 0 saturated heterocycles. The second-order valence-corrected chi connectivity index (χ2v) is 7.02. The molecule has 1 heteroatoms. The highest BCUT2D eigenvalue weighted by Gasteiger charge is 2.32. The first-order valence-corrected chi connectivity index (χ1v) is 8.59. The van der Waals surface area contributed by atoms with E-state index in [1.54, 1.807) is 0 Å². The van der Waals surface area contributed by atoms with Gasteiger partial charge in [-0.05, 0) is 55.1 Å². The molecule has 1 aliphatic rings. The first-order chi connectivity index (χ1) is 10.8. The monoisotopic (exact) mass is 293 g/mol. The molecule has 0 aromatic heterocycles. The van der Waals surface area contributed by atoms with E-state index in [4.69, 9.17) is 5.73 Å². The van der Waals surface area contributed by atoms with Crippen molar-refractivity contribution in [3.05, 3.63) is 71.8 Å². The van der Waals surface area contributed by atoms with Gasteiger partial charge in [0.15, 0.2) is 0 Å². The molecule has 2 N–H and O–H groups in total. The quantitative estimate of drug-likeness (QED) is 0.809. The Morgan fingerprint density at radius 1 is 0.773 bits per heavy atom. The van der Waals surface area contributed by atoms with Gasteiger partial charge in [0.05, 0.1) is 0 Å². The molecule has 0 spiro atoms. The first-order valence-electron chi connectivity index (χ1n) is 8.59. The highest BCUT2D eigenvalue weighted by atomic mass is 14.6. The summed E-state index contributed by atoms with van der Waals surface area (Å²) >= 11 is 0. The molecule has 1 unspecified atom stereocenters. The third-order valence-electron chi connectivity index (χ3n) is 5.17. The van der Waals surface area contributed by atoms with Crippen molar-refractivity contribution >= 4 is 0 Å². The summed E-state index contributed by atoms with van der Waals surface area (Å²) in [6, 6.07) is 22.4. The summed E-state index contributed by atoms with van der Waals surface area (Å²) in [6.07, 6.45) is 8.51. The third-order valence-corrected chi connectivity index (χ3v) is 5.17. The van der Waals surface area contributed by atoms with Crippen molar-refractivity contribution in [2.45, 2.75) is 51.0 Å². The van der Waals surface area contributed by atoms with Crippen molar-refractivity contribution in [3.8, 4) is 0 Å². The molecule has 0 aliphatic heterocycles. The van der Waals surface area contributed by atoms with E-state index in [1.807, 2.05) is 0 Å². The predicted molar refractivity (Wildman–Crippen MR) is 93.8 cm³/mol. The van der Waals surface area contributed by atoms with Crippen LogP contribution in [0.25, 0.3) is 0 Å². The van der Waals surface area contributed by atoms with E-state index >= 15 is 0 Å². The number of rotatable bonds is 4. The lowest BCUT2D eigenvalue weighted by molar-refractivity contribution is 0.238. The average molecular weight is 293 g/mol. The summed E-state index contributed by atoms with van der Waals surface area (Å²) in [6.45, 7) is 0. The van der Waals surface area contributed by atoms with Crippen molar-refractivity contribution in [2.24, 2.45) is 11.1 Å². The number of benzene rings is 2. The second kappa shape index (κ2) is 7.11. The average Bonchev–Trinajstić information content (AvgIpc) is 2.72. The van der Waals surface area contributed by atoms with Gasteiger partial charge < -0.3 is 5.73 Å². The number of hydrogen-bond donors (Lipinski definition) is 1. The molecule has 2 aromatic carbocycles. The van der Waals surface area contributed by atoms with Crippen molar-refractivity contribution < 1.29 is 0 Å². The van der Waals surface area contributed by atoms with Gasteiger partial charge in [-0.25, -0.2) is 0 Å². The van der Waals surface area contributed by atoms with Gasteiger partial charge in [0.25, 0.3) is 0 Å². The fraction of sp³-hybridized carbons (Fsp3) is 0.429. The standard InChI is InChI=1S/C21H27N/c22-20-12-7-14-21(15-13-20,16-18-8-3-1-4-9-18)17-19-10-5-2-6-11-19/h1-6,8-11,20H,7,12-17,22H2. The van der Waals surface area contributed by atoms with Gasteiger partial charge in [-0.2, -0.15) is 0 Å². The topological polar surface area (TPSA) is 26.0 Å². The first kappa shape index (κ1) is 15.3. The van der Waals surface area contributed by atoms with Crippen molar-refractivity contribution in [2.75, 3.05) is 0 Å². The maximum atomic E-state index is 6.24. The lowest BCUT2D eigenvalue weighted by Crippen LogP contribution is -2.27. The molecule has 1 saturated carbocycles. The molecular formula is C21H27N. The summed E-state index contributed by atoms with van der Waals surface area (Å²) in [5, 5.41) is 0. The van der Waals surface area contributed by atoms with Gasteiger partial charge in [-0.3, -0.25) is 0 Å². The molecule has 1 nitrogen and oxygen atoms in total. The van der Waals surface area contributed by atoms with Crippen LogP contribution < -0.4 is 5.73 Å². The van der Waals surface area contributed by atoms with Crippen LogP contribution in [-0.4, -0.2) is 6.04 Å². The fourth-order valence-corrected chi connectivity index (χ4v) is 3.97. The minimum Gasteiger partial charge on any atom is -0.328 e. The van der Waals surface area contributed by atoms with Crippen molar-refractivity contribution in [3.63, 3.8) is 0 Å². The molecule has 0 heterocycles. The smallest absolute Gasteiger partial charge is 0.00390 e. The lowest BCUT2D eigenvalue weighted by atomic mass is 9.71. The van der Waals surface area contributed by atoms with E-state index in [2.05, 4.69) is 60.7 Å². The van der Waals surface area contributed by atoms with Gasteiger partial charge in [-0.15, -0.1) is 0 Å². The Morgan fingerprint density at radius 3 is 1.86 bits per heavy atom. The predicted octanol–water partition coefficient (Wildman–Crippen LogP) is 4.75. The summed E-state index contributed by atoms with van der Waals surface area (Å²) in [5.41, 5.74) is 9.55. The van der Waals surface area contributed by atoms with Crippen LogP contribution in [0.1, 0.15) is 43.2 Å². The molecule has 116 valence electrons. The zero-order valence-electron chi connectivity index (χ0n) is 13.4. The number of nitrogens with two attached hydrogens (primary N) is 1. The third kappa shape index (κ3) is 3.98. The Morgan fingerprint density at radius 2 is 1.32 bits per heavy atom. The van der Waals surface area contributed by atoms with Crippen molar-refractivity contribution in [1.82, 2.24) is 0 Å². The van der Waals surface area contributed by atoms with Gasteiger partial charge in [0.1, 0.15) is 0 Å². The van der Waals surface area contributed by atoms with Crippen LogP contribution in [-0.2, 0) is 12.8 Å². The zero-order valence-corrected chi connectivity index (χ0v) is 13.4. The van der Waals surface area contributed by atoms with Crippen LogP contribution >= 0.6 is 0 Å². The Kier molecular flexibility index (Phi) is 4.94. The van der Waals surface area contributed by atoms with E-state index in [0.717, 1.165) is 0 Å². The lowest BCUT2D eigenvalue weighted by Gasteiger charge is -2.33. The highest BCUT2D eigenvalue weighted by Crippen LogP contribution is 2.40. The van der Waals surface area contributed by atoms with E-state index in [0.29, 0.717) is 11.5 Å². The molecule has 0 radical (unpaired) electrons. The highest BCUT2D eigenvalue weighted by molar-refractivity contribution is 5.21. The second-order valence-electron chi connectivity index (χ2n) is 7.02. The molecule has 2 aromatic rings. The van der Waals surface area contributed by atoms with Gasteiger partial charge >= 0.3 is 0 Å². The number of hydrogen-bond acceptors (Lipinski definition) is 1. The van der Waals surface area contributed by atoms with E-state index < -0.39 is 0 Å². The van der Waals surface area contributed by atoms with E-state index in [9.17, 15) is 0 Å². The van der Waals surface area contributed by atoms with Crippen LogP contribution in [0.2, 0.25) is 0 Å². The molecule has 22 heavy (non-hydrogen) atoms. The van der Waals surface area contributed by atoms with Gasteiger partial charge in [-0.1, -0.05) is 67.1 Å². The van der Waals surface area contributed by atoms with Crippen LogP contribution in [0.5, 0.6) is 0 Å². The van der Waals surface area contributed by atoms with Crippen molar-refractivity contribution in [1.29, 1.82) is 0 Å². The Balaban J connectivity index is 1.84.